The van der Waals surface area contributed by atoms with Crippen LogP contribution in [0.4, 0.5) is 0 Å². The number of carbonyl (C=O) groups is 2. The van der Waals surface area contributed by atoms with Gasteiger partial charge < -0.3 is 15.4 Å². The lowest BCUT2D eigenvalue weighted by Gasteiger charge is -2.07. The Morgan fingerprint density at radius 2 is 1.06 bits per heavy atom. The highest BCUT2D eigenvalue weighted by Gasteiger charge is 2.02. The van der Waals surface area contributed by atoms with Crippen LogP contribution in [0.5, 0.6) is 0 Å². The van der Waals surface area contributed by atoms with Gasteiger partial charge in [0.15, 0.2) is 0 Å². The Balaban J connectivity index is 3.25. The molecule has 0 unspecified atom stereocenters. The SMILES string of the molecule is CCCCCCCCC(=O)NCCCCNC(=O)CCCCCCCCCCSCCOC. The molecular weight excluding hydrogens is 432 g/mol. The average molecular weight is 487 g/mol. The Hall–Kier alpha value is -0.750. The summed E-state index contributed by atoms with van der Waals surface area (Å²) >= 11 is 1.99. The normalized spacial score (nSPS) is 11.0. The molecule has 2 N–H and O–H groups in total. The van der Waals surface area contributed by atoms with Gasteiger partial charge in [-0.05, 0) is 37.9 Å². The van der Waals surface area contributed by atoms with Gasteiger partial charge in [-0.2, -0.15) is 11.8 Å². The third kappa shape index (κ3) is 27.4. The summed E-state index contributed by atoms with van der Waals surface area (Å²) in [4.78, 5) is 23.7. The number of rotatable bonds is 26. The predicted octanol–water partition coefficient (Wildman–Crippen LogP) is 6.64. The van der Waals surface area contributed by atoms with Crippen LogP contribution < -0.4 is 10.6 Å². The van der Waals surface area contributed by atoms with Crippen molar-refractivity contribution in [3.05, 3.63) is 0 Å². The molecule has 0 rings (SSSR count). The fraction of sp³-hybridized carbons (Fsp3) is 0.926. The van der Waals surface area contributed by atoms with Crippen molar-refractivity contribution in [3.8, 4) is 0 Å². The molecule has 0 bridgehead atoms. The van der Waals surface area contributed by atoms with E-state index in [9.17, 15) is 9.59 Å². The minimum Gasteiger partial charge on any atom is -0.384 e. The molecule has 196 valence electrons. The van der Waals surface area contributed by atoms with Gasteiger partial charge in [0.25, 0.3) is 0 Å². The number of ether oxygens (including phenoxy) is 1. The van der Waals surface area contributed by atoms with Gasteiger partial charge in [-0.1, -0.05) is 77.6 Å². The smallest absolute Gasteiger partial charge is 0.219 e. The summed E-state index contributed by atoms with van der Waals surface area (Å²) in [6, 6.07) is 0. The summed E-state index contributed by atoms with van der Waals surface area (Å²) < 4.78 is 5.05. The number of carbonyl (C=O) groups excluding carboxylic acids is 2. The molecule has 0 atom stereocenters. The molecule has 5 nitrogen and oxygen atoms in total. The lowest BCUT2D eigenvalue weighted by atomic mass is 10.1. The van der Waals surface area contributed by atoms with Crippen molar-refractivity contribution in [1.82, 2.24) is 10.6 Å². The highest BCUT2D eigenvalue weighted by atomic mass is 32.2. The van der Waals surface area contributed by atoms with E-state index in [0.717, 1.165) is 64.0 Å². The van der Waals surface area contributed by atoms with Crippen LogP contribution in [0.15, 0.2) is 0 Å². The van der Waals surface area contributed by atoms with Gasteiger partial charge in [0.2, 0.25) is 11.8 Å². The molecule has 0 fully saturated rings. The first-order chi connectivity index (χ1) is 16.2. The largest absolute Gasteiger partial charge is 0.384 e. The second-order valence-corrected chi connectivity index (χ2v) is 10.3. The minimum atomic E-state index is 0.173. The second-order valence-electron chi connectivity index (χ2n) is 9.11. The van der Waals surface area contributed by atoms with E-state index < -0.39 is 0 Å². The molecule has 33 heavy (non-hydrogen) atoms. The fourth-order valence-corrected chi connectivity index (χ4v) is 4.64. The van der Waals surface area contributed by atoms with E-state index in [1.807, 2.05) is 11.8 Å². The first-order valence-electron chi connectivity index (χ1n) is 13.8. The summed E-state index contributed by atoms with van der Waals surface area (Å²) in [5, 5.41) is 6.01. The number of amides is 2. The number of hydrogen-bond donors (Lipinski definition) is 2. The van der Waals surface area contributed by atoms with Gasteiger partial charge in [-0.25, -0.2) is 0 Å². The fourth-order valence-electron chi connectivity index (χ4n) is 3.74. The average Bonchev–Trinajstić information content (AvgIpc) is 2.81. The van der Waals surface area contributed by atoms with E-state index in [0.29, 0.717) is 12.8 Å². The monoisotopic (exact) mass is 486 g/mol. The quantitative estimate of drug-likeness (QED) is 0.134. The molecule has 0 aromatic heterocycles. The maximum atomic E-state index is 11.9. The Labute approximate surface area is 209 Å². The van der Waals surface area contributed by atoms with Crippen molar-refractivity contribution in [2.45, 2.75) is 122 Å². The van der Waals surface area contributed by atoms with E-state index in [1.165, 1.54) is 70.0 Å². The van der Waals surface area contributed by atoms with Gasteiger partial charge in [0.1, 0.15) is 0 Å². The van der Waals surface area contributed by atoms with Crippen molar-refractivity contribution in [2.24, 2.45) is 0 Å². The maximum Gasteiger partial charge on any atom is 0.219 e. The van der Waals surface area contributed by atoms with Crippen molar-refractivity contribution in [3.63, 3.8) is 0 Å². The Morgan fingerprint density at radius 3 is 1.55 bits per heavy atom. The van der Waals surface area contributed by atoms with E-state index in [1.54, 1.807) is 7.11 Å². The van der Waals surface area contributed by atoms with Crippen LogP contribution in [0.2, 0.25) is 0 Å². The third-order valence-electron chi connectivity index (χ3n) is 5.88. The standard InChI is InChI=1S/C27H54N2O3S/c1-3-4-5-6-11-14-19-26(30)28-21-16-17-22-29-27(31)20-15-12-9-7-8-10-13-18-24-33-25-23-32-2/h3-25H2,1-2H3,(H,28,30)(H,29,31). The zero-order valence-electron chi connectivity index (χ0n) is 21.9. The van der Waals surface area contributed by atoms with Gasteiger partial charge >= 0.3 is 0 Å². The van der Waals surface area contributed by atoms with E-state index in [2.05, 4.69) is 17.6 Å². The number of nitrogens with one attached hydrogen (secondary N) is 2. The molecule has 0 saturated carbocycles. The van der Waals surface area contributed by atoms with Gasteiger partial charge in [0, 0.05) is 38.8 Å². The molecule has 6 heteroatoms. The van der Waals surface area contributed by atoms with Crippen LogP contribution in [0.3, 0.4) is 0 Å². The molecule has 0 aromatic rings. The van der Waals surface area contributed by atoms with Crippen LogP contribution in [-0.4, -0.2) is 50.1 Å². The molecule has 0 aliphatic rings. The Bertz CT molecular complexity index is 436. The molecule has 0 saturated heterocycles. The summed E-state index contributed by atoms with van der Waals surface area (Å²) in [5.41, 5.74) is 0. The number of methoxy groups -OCH3 is 1. The summed E-state index contributed by atoms with van der Waals surface area (Å²) in [6.07, 6.45) is 20.4. The number of thioether (sulfide) groups is 1. The van der Waals surface area contributed by atoms with Crippen LogP contribution in [0.25, 0.3) is 0 Å². The van der Waals surface area contributed by atoms with Crippen LogP contribution in [-0.2, 0) is 14.3 Å². The molecular formula is C27H54N2O3S. The summed E-state index contributed by atoms with van der Waals surface area (Å²) in [7, 11) is 1.76. The molecule has 0 radical (unpaired) electrons. The van der Waals surface area contributed by atoms with Crippen molar-refractivity contribution >= 4 is 23.6 Å². The van der Waals surface area contributed by atoms with Crippen LogP contribution in [0.1, 0.15) is 122 Å². The van der Waals surface area contributed by atoms with Crippen LogP contribution in [0, 0.1) is 0 Å². The van der Waals surface area contributed by atoms with Gasteiger partial charge in [0.05, 0.1) is 6.61 Å². The third-order valence-corrected chi connectivity index (χ3v) is 6.91. The molecule has 0 heterocycles. The first kappa shape index (κ1) is 32.2. The zero-order chi connectivity index (χ0) is 24.2. The molecule has 0 aliphatic carbocycles. The number of hydrogen-bond acceptors (Lipinski definition) is 4. The summed E-state index contributed by atoms with van der Waals surface area (Å²) in [6.45, 7) is 4.52. The van der Waals surface area contributed by atoms with Crippen molar-refractivity contribution in [2.75, 3.05) is 38.3 Å². The first-order valence-corrected chi connectivity index (χ1v) is 15.0. The van der Waals surface area contributed by atoms with Gasteiger partial charge in [-0.15, -0.1) is 0 Å². The zero-order valence-corrected chi connectivity index (χ0v) is 22.7. The minimum absolute atomic E-state index is 0.173. The van der Waals surface area contributed by atoms with E-state index >= 15 is 0 Å². The Morgan fingerprint density at radius 1 is 0.606 bits per heavy atom. The maximum absolute atomic E-state index is 11.9. The Kier molecular flexibility index (Phi) is 26.9. The number of unbranched alkanes of at least 4 members (excludes halogenated alkanes) is 13. The molecule has 0 aromatic carbocycles. The van der Waals surface area contributed by atoms with Crippen LogP contribution >= 0.6 is 11.8 Å². The molecule has 0 aliphatic heterocycles. The van der Waals surface area contributed by atoms with E-state index in [4.69, 9.17) is 4.74 Å². The topological polar surface area (TPSA) is 67.4 Å². The lowest BCUT2D eigenvalue weighted by molar-refractivity contribution is -0.122. The van der Waals surface area contributed by atoms with Crippen molar-refractivity contribution < 1.29 is 14.3 Å². The highest BCUT2D eigenvalue weighted by molar-refractivity contribution is 7.99. The van der Waals surface area contributed by atoms with Crippen molar-refractivity contribution in [1.29, 1.82) is 0 Å². The summed E-state index contributed by atoms with van der Waals surface area (Å²) in [5.74, 6) is 2.72. The van der Waals surface area contributed by atoms with Gasteiger partial charge in [-0.3, -0.25) is 9.59 Å². The second kappa shape index (κ2) is 27.5. The lowest BCUT2D eigenvalue weighted by Crippen LogP contribution is -2.27. The molecule has 2 amide bonds. The van der Waals surface area contributed by atoms with E-state index in [-0.39, 0.29) is 11.8 Å². The predicted molar refractivity (Wildman–Crippen MR) is 144 cm³/mol. The highest BCUT2D eigenvalue weighted by Crippen LogP contribution is 2.12. The molecule has 0 spiro atoms.